The third kappa shape index (κ3) is 6.23. The van der Waals surface area contributed by atoms with Crippen LogP contribution in [0.25, 0.3) is 10.9 Å². The second-order valence-electron chi connectivity index (χ2n) is 8.92. The van der Waals surface area contributed by atoms with Crippen LogP contribution in [0.5, 0.6) is 5.75 Å². The molecule has 0 unspecified atom stereocenters. The molecule has 0 saturated carbocycles. The Bertz CT molecular complexity index is 1510. The number of aromatic nitrogens is 2. The van der Waals surface area contributed by atoms with E-state index in [1.165, 1.54) is 4.68 Å². The van der Waals surface area contributed by atoms with E-state index in [0.717, 1.165) is 33.9 Å². The Morgan fingerprint density at radius 1 is 1.03 bits per heavy atom. The predicted molar refractivity (Wildman–Crippen MR) is 161 cm³/mol. The molecule has 0 radical (unpaired) electrons. The van der Waals surface area contributed by atoms with E-state index < -0.39 is 0 Å². The van der Waals surface area contributed by atoms with Crippen molar-refractivity contribution in [3.63, 3.8) is 0 Å². The molecule has 35 heavy (non-hydrogen) atoms. The van der Waals surface area contributed by atoms with E-state index in [0.29, 0.717) is 23.3 Å². The molecule has 0 spiro atoms. The summed E-state index contributed by atoms with van der Waals surface area (Å²) in [7, 11) is 0. The number of hydrogen-bond acceptors (Lipinski definition) is 4. The summed E-state index contributed by atoms with van der Waals surface area (Å²) in [6.45, 7) is 6.50. The third-order valence-corrected chi connectivity index (χ3v) is 7.72. The minimum atomic E-state index is -0.370. The first-order chi connectivity index (χ1) is 16.5. The van der Waals surface area contributed by atoms with Crippen molar-refractivity contribution in [2.24, 2.45) is 5.10 Å². The zero-order valence-electron chi connectivity index (χ0n) is 19.2. The summed E-state index contributed by atoms with van der Waals surface area (Å²) in [5, 5.41) is 5.07. The molecule has 9 heteroatoms. The van der Waals surface area contributed by atoms with Crippen LogP contribution in [0.4, 0.5) is 0 Å². The summed E-state index contributed by atoms with van der Waals surface area (Å²) in [6.07, 6.45) is 1.68. The molecule has 0 aliphatic heterocycles. The van der Waals surface area contributed by atoms with Gasteiger partial charge in [-0.1, -0.05) is 74.6 Å². The number of rotatable bonds is 5. The maximum Gasteiger partial charge on any atom is 0.282 e. The number of hydrogen-bond donors (Lipinski definition) is 0. The highest BCUT2D eigenvalue weighted by molar-refractivity contribution is 14.1. The Kier molecular flexibility index (Phi) is 8.19. The molecule has 3 aromatic carbocycles. The van der Waals surface area contributed by atoms with Gasteiger partial charge in [0.1, 0.15) is 18.2 Å². The molecule has 0 aliphatic carbocycles. The van der Waals surface area contributed by atoms with Crippen molar-refractivity contribution in [1.82, 2.24) is 9.66 Å². The van der Waals surface area contributed by atoms with E-state index in [1.807, 2.05) is 69.3 Å². The van der Waals surface area contributed by atoms with Gasteiger partial charge in [0.2, 0.25) is 0 Å². The first-order valence-corrected chi connectivity index (χ1v) is 14.1. The lowest BCUT2D eigenvalue weighted by Gasteiger charge is -2.20. The molecular formula is C26H21Br3IN3O2. The van der Waals surface area contributed by atoms with Crippen LogP contribution in [0.3, 0.4) is 0 Å². The van der Waals surface area contributed by atoms with Crippen molar-refractivity contribution in [2.45, 2.75) is 32.8 Å². The standard InChI is InChI=1S/C26H21Br3IN3O2/c1-26(2,3)25-32-22-8-7-17(27)11-19(22)24(34)33(25)31-13-15-4-9-23(21(30)10-15)35-14-16-5-6-18(28)12-20(16)29/h4-13H,14H2,1-3H3. The van der Waals surface area contributed by atoms with Gasteiger partial charge in [0.15, 0.2) is 0 Å². The van der Waals surface area contributed by atoms with E-state index in [9.17, 15) is 4.79 Å². The molecule has 1 aromatic heterocycles. The Balaban J connectivity index is 1.63. The molecule has 4 aromatic rings. The molecule has 0 amide bonds. The van der Waals surface area contributed by atoms with Gasteiger partial charge in [0.25, 0.3) is 5.56 Å². The van der Waals surface area contributed by atoms with Crippen LogP contribution in [0.2, 0.25) is 0 Å². The smallest absolute Gasteiger partial charge is 0.282 e. The predicted octanol–water partition coefficient (Wildman–Crippen LogP) is 8.05. The summed E-state index contributed by atoms with van der Waals surface area (Å²) in [4.78, 5) is 18.1. The number of benzene rings is 3. The summed E-state index contributed by atoms with van der Waals surface area (Å²) < 4.78 is 11.2. The summed E-state index contributed by atoms with van der Waals surface area (Å²) in [5.74, 6) is 1.38. The van der Waals surface area contributed by atoms with Gasteiger partial charge >= 0.3 is 0 Å². The molecule has 0 aliphatic rings. The molecule has 0 bridgehead atoms. The fourth-order valence-electron chi connectivity index (χ4n) is 3.37. The van der Waals surface area contributed by atoms with Crippen LogP contribution < -0.4 is 10.3 Å². The average Bonchev–Trinajstić information content (AvgIpc) is 2.78. The van der Waals surface area contributed by atoms with Crippen molar-refractivity contribution in [3.8, 4) is 5.75 Å². The van der Waals surface area contributed by atoms with Gasteiger partial charge in [-0.2, -0.15) is 9.78 Å². The normalized spacial score (nSPS) is 12.0. The minimum Gasteiger partial charge on any atom is -0.488 e. The van der Waals surface area contributed by atoms with Gasteiger partial charge in [-0.25, -0.2) is 4.98 Å². The monoisotopic (exact) mass is 771 g/mol. The Labute approximate surface area is 242 Å². The molecule has 0 fully saturated rings. The number of fused-ring (bicyclic) bond motifs is 1. The fourth-order valence-corrected chi connectivity index (χ4v) is 5.59. The van der Waals surface area contributed by atoms with Crippen LogP contribution in [0.1, 0.15) is 37.7 Å². The van der Waals surface area contributed by atoms with Crippen molar-refractivity contribution in [1.29, 1.82) is 0 Å². The molecule has 4 rings (SSSR count). The van der Waals surface area contributed by atoms with Gasteiger partial charge in [-0.15, -0.1) is 0 Å². The molecular weight excluding hydrogens is 753 g/mol. The van der Waals surface area contributed by atoms with Crippen LogP contribution in [0.15, 0.2) is 77.9 Å². The fraction of sp³-hybridized carbons (Fsp3) is 0.192. The van der Waals surface area contributed by atoms with E-state index in [4.69, 9.17) is 9.72 Å². The van der Waals surface area contributed by atoms with Crippen molar-refractivity contribution < 1.29 is 4.74 Å². The van der Waals surface area contributed by atoms with Gasteiger partial charge in [0, 0.05) is 24.4 Å². The quantitative estimate of drug-likeness (QED) is 0.153. The molecule has 1 heterocycles. The first kappa shape index (κ1) is 26.5. The van der Waals surface area contributed by atoms with Crippen LogP contribution in [0, 0.1) is 3.57 Å². The topological polar surface area (TPSA) is 56.5 Å². The summed E-state index contributed by atoms with van der Waals surface area (Å²) >= 11 is 12.7. The van der Waals surface area contributed by atoms with E-state index in [1.54, 1.807) is 12.3 Å². The minimum absolute atomic E-state index is 0.202. The lowest BCUT2D eigenvalue weighted by molar-refractivity contribution is 0.303. The lowest BCUT2D eigenvalue weighted by Crippen LogP contribution is -2.29. The van der Waals surface area contributed by atoms with E-state index in [-0.39, 0.29) is 11.0 Å². The Morgan fingerprint density at radius 3 is 2.43 bits per heavy atom. The highest BCUT2D eigenvalue weighted by Gasteiger charge is 2.23. The molecule has 180 valence electrons. The van der Waals surface area contributed by atoms with E-state index in [2.05, 4.69) is 75.5 Å². The Morgan fingerprint density at radius 2 is 1.74 bits per heavy atom. The van der Waals surface area contributed by atoms with Crippen molar-refractivity contribution >= 4 is 87.5 Å². The highest BCUT2D eigenvalue weighted by atomic mass is 127. The lowest BCUT2D eigenvalue weighted by atomic mass is 9.95. The Hall–Kier alpha value is -1.56. The number of nitrogens with zero attached hydrogens (tertiary/aromatic N) is 3. The number of ether oxygens (including phenoxy) is 1. The second-order valence-corrected chi connectivity index (χ2v) is 12.8. The SMILES string of the molecule is CC(C)(C)c1nc2ccc(Br)cc2c(=O)n1N=Cc1ccc(OCc2ccc(Br)cc2Br)c(I)c1. The zero-order valence-corrected chi connectivity index (χ0v) is 26.1. The third-order valence-electron chi connectivity index (χ3n) is 5.16. The molecule has 0 N–H and O–H groups in total. The van der Waals surface area contributed by atoms with Crippen LogP contribution in [-0.2, 0) is 12.0 Å². The van der Waals surface area contributed by atoms with Crippen LogP contribution >= 0.6 is 70.4 Å². The van der Waals surface area contributed by atoms with Gasteiger partial charge in [-0.05, 0) is 76.7 Å². The molecule has 5 nitrogen and oxygen atoms in total. The maximum atomic E-state index is 13.3. The van der Waals surface area contributed by atoms with Gasteiger partial charge in [0.05, 0.1) is 20.7 Å². The first-order valence-electron chi connectivity index (χ1n) is 10.7. The van der Waals surface area contributed by atoms with E-state index >= 15 is 0 Å². The average molecular weight is 774 g/mol. The van der Waals surface area contributed by atoms with Crippen molar-refractivity contribution in [3.05, 3.63) is 98.9 Å². The molecule has 0 atom stereocenters. The van der Waals surface area contributed by atoms with Gasteiger partial charge in [-0.3, -0.25) is 4.79 Å². The zero-order chi connectivity index (χ0) is 25.3. The summed E-state index contributed by atoms with van der Waals surface area (Å²) in [5.41, 5.74) is 1.99. The summed E-state index contributed by atoms with van der Waals surface area (Å²) in [6, 6.07) is 17.3. The number of halogens is 4. The highest BCUT2D eigenvalue weighted by Crippen LogP contribution is 2.27. The second kappa shape index (κ2) is 10.8. The largest absolute Gasteiger partial charge is 0.488 e. The van der Waals surface area contributed by atoms with Crippen LogP contribution in [-0.4, -0.2) is 15.9 Å². The van der Waals surface area contributed by atoms with Gasteiger partial charge < -0.3 is 4.74 Å². The maximum absolute atomic E-state index is 13.3. The molecule has 0 saturated heterocycles. The van der Waals surface area contributed by atoms with Crippen molar-refractivity contribution in [2.75, 3.05) is 0 Å².